The number of nitrogens with one attached hydrogen (secondary N) is 1. The van der Waals surface area contributed by atoms with Crippen LogP contribution in [0.1, 0.15) is 15.9 Å². The van der Waals surface area contributed by atoms with E-state index in [1.54, 1.807) is 24.3 Å². The zero-order valence-corrected chi connectivity index (χ0v) is 15.4. The number of anilines is 1. The van der Waals surface area contributed by atoms with Crippen LogP contribution in [0.3, 0.4) is 0 Å². The van der Waals surface area contributed by atoms with Gasteiger partial charge in [0.2, 0.25) is 5.75 Å². The van der Waals surface area contributed by atoms with Crippen LogP contribution >= 0.6 is 0 Å². The standard InChI is InChI=1S/C18H19N5O4/c1-11-5-6-13(9-14(11)23-10-19-21-22-23)20-18(24)12-7-15(25-2)17(27-4)16(8-12)26-3/h5-10H,1-4H3,(H,20,24). The number of benzene rings is 2. The highest BCUT2D eigenvalue weighted by atomic mass is 16.5. The van der Waals surface area contributed by atoms with E-state index in [0.717, 1.165) is 11.3 Å². The van der Waals surface area contributed by atoms with Crippen molar-refractivity contribution in [1.29, 1.82) is 0 Å². The van der Waals surface area contributed by atoms with Crippen LogP contribution in [0.5, 0.6) is 17.2 Å². The Morgan fingerprint density at radius 2 is 1.74 bits per heavy atom. The number of amides is 1. The van der Waals surface area contributed by atoms with Crippen LogP contribution in [0.4, 0.5) is 5.69 Å². The molecule has 0 spiro atoms. The van der Waals surface area contributed by atoms with Crippen LogP contribution in [0, 0.1) is 6.92 Å². The van der Waals surface area contributed by atoms with Crippen molar-refractivity contribution >= 4 is 11.6 Å². The molecule has 3 rings (SSSR count). The van der Waals surface area contributed by atoms with E-state index in [0.29, 0.717) is 28.5 Å². The Bertz CT molecular complexity index is 931. The van der Waals surface area contributed by atoms with Crippen LogP contribution in [-0.2, 0) is 0 Å². The lowest BCUT2D eigenvalue weighted by atomic mass is 10.1. The van der Waals surface area contributed by atoms with Gasteiger partial charge in [0.15, 0.2) is 11.5 Å². The van der Waals surface area contributed by atoms with Gasteiger partial charge in [0.05, 0.1) is 27.0 Å². The van der Waals surface area contributed by atoms with Crippen molar-refractivity contribution < 1.29 is 19.0 Å². The van der Waals surface area contributed by atoms with E-state index in [4.69, 9.17) is 14.2 Å². The smallest absolute Gasteiger partial charge is 0.255 e. The van der Waals surface area contributed by atoms with Gasteiger partial charge in [-0.1, -0.05) is 6.07 Å². The lowest BCUT2D eigenvalue weighted by molar-refractivity contribution is 0.102. The minimum absolute atomic E-state index is 0.319. The summed E-state index contributed by atoms with van der Waals surface area (Å²) in [6, 6.07) is 8.66. The highest BCUT2D eigenvalue weighted by Gasteiger charge is 2.17. The van der Waals surface area contributed by atoms with Crippen molar-refractivity contribution in [3.63, 3.8) is 0 Å². The summed E-state index contributed by atoms with van der Waals surface area (Å²) in [5.41, 5.74) is 2.70. The molecule has 0 saturated heterocycles. The molecular weight excluding hydrogens is 350 g/mol. The molecule has 0 saturated carbocycles. The zero-order chi connectivity index (χ0) is 19.4. The molecule has 9 nitrogen and oxygen atoms in total. The fourth-order valence-electron chi connectivity index (χ4n) is 2.62. The third-order valence-corrected chi connectivity index (χ3v) is 3.99. The van der Waals surface area contributed by atoms with E-state index < -0.39 is 0 Å². The number of hydrogen-bond acceptors (Lipinski definition) is 7. The Morgan fingerprint density at radius 1 is 1.04 bits per heavy atom. The highest BCUT2D eigenvalue weighted by molar-refractivity contribution is 6.05. The quantitative estimate of drug-likeness (QED) is 0.711. The number of carbonyl (C=O) groups is 1. The van der Waals surface area contributed by atoms with Crippen molar-refractivity contribution in [3.05, 3.63) is 47.8 Å². The number of aryl methyl sites for hydroxylation is 1. The largest absolute Gasteiger partial charge is 0.493 e. The summed E-state index contributed by atoms with van der Waals surface area (Å²) in [5.74, 6) is 0.911. The molecule has 2 aromatic carbocycles. The van der Waals surface area contributed by atoms with E-state index in [2.05, 4.69) is 20.8 Å². The van der Waals surface area contributed by atoms with Gasteiger partial charge in [-0.3, -0.25) is 4.79 Å². The fraction of sp³-hybridized carbons (Fsp3) is 0.222. The number of nitrogens with zero attached hydrogens (tertiary/aromatic N) is 4. The van der Waals surface area contributed by atoms with Gasteiger partial charge in [-0.15, -0.1) is 5.10 Å². The van der Waals surface area contributed by atoms with Gasteiger partial charge < -0.3 is 19.5 Å². The molecule has 1 N–H and O–H groups in total. The number of aromatic nitrogens is 4. The van der Waals surface area contributed by atoms with E-state index in [-0.39, 0.29) is 5.91 Å². The van der Waals surface area contributed by atoms with E-state index in [9.17, 15) is 4.79 Å². The SMILES string of the molecule is COc1cc(C(=O)Nc2ccc(C)c(-n3cnnn3)c2)cc(OC)c1OC. The lowest BCUT2D eigenvalue weighted by Crippen LogP contribution is -2.13. The van der Waals surface area contributed by atoms with E-state index in [1.165, 1.54) is 32.3 Å². The molecule has 0 radical (unpaired) electrons. The normalized spacial score (nSPS) is 10.4. The van der Waals surface area contributed by atoms with E-state index in [1.807, 2.05) is 13.0 Å². The summed E-state index contributed by atoms with van der Waals surface area (Å²) in [6.45, 7) is 1.93. The van der Waals surface area contributed by atoms with Crippen molar-refractivity contribution in [3.8, 4) is 22.9 Å². The van der Waals surface area contributed by atoms with Crippen molar-refractivity contribution in [2.24, 2.45) is 0 Å². The molecule has 9 heteroatoms. The predicted molar refractivity (Wildman–Crippen MR) is 97.9 cm³/mol. The maximum atomic E-state index is 12.7. The minimum Gasteiger partial charge on any atom is -0.493 e. The maximum absolute atomic E-state index is 12.7. The van der Waals surface area contributed by atoms with Gasteiger partial charge in [-0.2, -0.15) is 0 Å². The molecule has 0 unspecified atom stereocenters. The second kappa shape index (κ2) is 7.73. The molecule has 140 valence electrons. The first kappa shape index (κ1) is 18.2. The minimum atomic E-state index is -0.319. The number of ether oxygens (including phenoxy) is 3. The molecule has 1 aromatic heterocycles. The first-order valence-corrected chi connectivity index (χ1v) is 8.02. The zero-order valence-electron chi connectivity index (χ0n) is 15.4. The first-order valence-electron chi connectivity index (χ1n) is 8.02. The molecule has 1 amide bonds. The molecule has 0 fully saturated rings. The molecule has 27 heavy (non-hydrogen) atoms. The molecule has 1 heterocycles. The molecule has 0 aliphatic rings. The molecule has 3 aromatic rings. The topological polar surface area (TPSA) is 100 Å². The second-order valence-corrected chi connectivity index (χ2v) is 5.62. The Hall–Kier alpha value is -3.62. The molecular formula is C18H19N5O4. The van der Waals surface area contributed by atoms with Crippen LogP contribution in [0.15, 0.2) is 36.7 Å². The van der Waals surface area contributed by atoms with Gasteiger partial charge in [0.1, 0.15) is 6.33 Å². The molecule has 0 aliphatic heterocycles. The summed E-state index contributed by atoms with van der Waals surface area (Å²) >= 11 is 0. The third-order valence-electron chi connectivity index (χ3n) is 3.99. The highest BCUT2D eigenvalue weighted by Crippen LogP contribution is 2.38. The fourth-order valence-corrected chi connectivity index (χ4v) is 2.62. The van der Waals surface area contributed by atoms with Gasteiger partial charge in [-0.25, -0.2) is 4.68 Å². The van der Waals surface area contributed by atoms with Crippen LogP contribution in [-0.4, -0.2) is 47.4 Å². The Kier molecular flexibility index (Phi) is 5.20. The summed E-state index contributed by atoms with van der Waals surface area (Å²) in [5, 5.41) is 14.0. The average molecular weight is 369 g/mol. The summed E-state index contributed by atoms with van der Waals surface area (Å²) in [6.07, 6.45) is 1.49. The number of hydrogen-bond donors (Lipinski definition) is 1. The predicted octanol–water partition coefficient (Wildman–Crippen LogP) is 2.25. The lowest BCUT2D eigenvalue weighted by Gasteiger charge is -2.14. The number of methoxy groups -OCH3 is 3. The van der Waals surface area contributed by atoms with Gasteiger partial charge >= 0.3 is 0 Å². The number of tetrazole rings is 1. The molecule has 0 aliphatic carbocycles. The summed E-state index contributed by atoms with van der Waals surface area (Å²) < 4.78 is 17.4. The molecule has 0 bridgehead atoms. The number of carbonyl (C=O) groups excluding carboxylic acids is 1. The van der Waals surface area contributed by atoms with Crippen molar-refractivity contribution in [1.82, 2.24) is 20.2 Å². The second-order valence-electron chi connectivity index (χ2n) is 5.62. The Balaban J connectivity index is 1.91. The number of rotatable bonds is 6. The average Bonchev–Trinajstić information content (AvgIpc) is 3.22. The maximum Gasteiger partial charge on any atom is 0.255 e. The van der Waals surface area contributed by atoms with Gasteiger partial charge in [-0.05, 0) is 47.2 Å². The van der Waals surface area contributed by atoms with Crippen LogP contribution in [0.25, 0.3) is 5.69 Å². The van der Waals surface area contributed by atoms with Gasteiger partial charge in [0.25, 0.3) is 5.91 Å². The third kappa shape index (κ3) is 3.66. The van der Waals surface area contributed by atoms with Crippen molar-refractivity contribution in [2.45, 2.75) is 6.92 Å². The monoisotopic (exact) mass is 369 g/mol. The summed E-state index contributed by atoms with van der Waals surface area (Å²) in [7, 11) is 4.50. The van der Waals surface area contributed by atoms with Crippen molar-refractivity contribution in [2.75, 3.05) is 26.6 Å². The Morgan fingerprint density at radius 3 is 2.30 bits per heavy atom. The van der Waals surface area contributed by atoms with Crippen LogP contribution < -0.4 is 19.5 Å². The first-order chi connectivity index (χ1) is 13.1. The van der Waals surface area contributed by atoms with Crippen LogP contribution in [0.2, 0.25) is 0 Å². The van der Waals surface area contributed by atoms with E-state index >= 15 is 0 Å². The Labute approximate surface area is 155 Å². The summed E-state index contributed by atoms with van der Waals surface area (Å²) in [4.78, 5) is 12.7. The molecule has 0 atom stereocenters. The van der Waals surface area contributed by atoms with Gasteiger partial charge in [0, 0.05) is 11.3 Å².